The van der Waals surface area contributed by atoms with E-state index in [0.29, 0.717) is 17.3 Å². The molecule has 0 amide bonds. The number of methoxy groups -OCH3 is 1. The number of ether oxygens (including phenoxy) is 1. The van der Waals surface area contributed by atoms with E-state index in [1.54, 1.807) is 7.11 Å². The number of hydrogen-bond acceptors (Lipinski definition) is 2. The average Bonchev–Trinajstić information content (AvgIpc) is 2.54. The zero-order valence-electron chi connectivity index (χ0n) is 9.76. The maximum absolute atomic E-state index is 6.14. The third-order valence-electron chi connectivity index (χ3n) is 2.91. The summed E-state index contributed by atoms with van der Waals surface area (Å²) in [5.74, 6) is 0.685. The molecular formula is C12H14BrClN2O. The largest absolute Gasteiger partial charge is 0.495 e. The van der Waals surface area contributed by atoms with E-state index >= 15 is 0 Å². The molecule has 0 saturated carbocycles. The van der Waals surface area contributed by atoms with E-state index in [4.69, 9.17) is 22.1 Å². The predicted octanol–water partition coefficient (Wildman–Crippen LogP) is 3.10. The number of halogens is 2. The molecule has 2 aromatic rings. The molecule has 0 fully saturated rings. The second-order valence-electron chi connectivity index (χ2n) is 3.86. The summed E-state index contributed by atoms with van der Waals surface area (Å²) in [5, 5.41) is 1.71. The second-order valence-corrected chi connectivity index (χ2v) is 5.06. The van der Waals surface area contributed by atoms with Crippen LogP contribution in [0, 0.1) is 0 Å². The Morgan fingerprint density at radius 2 is 2.18 bits per heavy atom. The minimum Gasteiger partial charge on any atom is -0.495 e. The van der Waals surface area contributed by atoms with Crippen molar-refractivity contribution in [2.75, 3.05) is 13.7 Å². The van der Waals surface area contributed by atoms with E-state index < -0.39 is 0 Å². The molecule has 17 heavy (non-hydrogen) atoms. The fraction of sp³-hybridized carbons (Fsp3) is 0.333. The van der Waals surface area contributed by atoms with Crippen molar-refractivity contribution < 1.29 is 4.74 Å². The molecule has 5 heteroatoms. The van der Waals surface area contributed by atoms with Crippen molar-refractivity contribution in [3.63, 3.8) is 0 Å². The number of benzene rings is 1. The van der Waals surface area contributed by atoms with Crippen molar-refractivity contribution in [3.8, 4) is 5.75 Å². The molecule has 0 aliphatic heterocycles. The summed E-state index contributed by atoms with van der Waals surface area (Å²) in [7, 11) is 3.63. The quantitative estimate of drug-likeness (QED) is 0.945. The van der Waals surface area contributed by atoms with Gasteiger partial charge in [-0.15, -0.1) is 0 Å². The van der Waals surface area contributed by atoms with Crippen LogP contribution in [-0.2, 0) is 13.5 Å². The summed E-state index contributed by atoms with van der Waals surface area (Å²) in [4.78, 5) is 0. The smallest absolute Gasteiger partial charge is 0.138 e. The van der Waals surface area contributed by atoms with Crippen LogP contribution in [0.25, 0.3) is 10.9 Å². The van der Waals surface area contributed by atoms with Gasteiger partial charge in [0.1, 0.15) is 5.75 Å². The lowest BCUT2D eigenvalue weighted by Crippen LogP contribution is -2.06. The molecule has 1 heterocycles. The van der Waals surface area contributed by atoms with Gasteiger partial charge in [0.25, 0.3) is 0 Å². The highest BCUT2D eigenvalue weighted by atomic mass is 79.9. The summed E-state index contributed by atoms with van der Waals surface area (Å²) < 4.78 is 8.40. The Bertz CT molecular complexity index is 565. The molecule has 0 bridgehead atoms. The fourth-order valence-electron chi connectivity index (χ4n) is 2.01. The number of nitrogens with two attached hydrogens (primary N) is 1. The van der Waals surface area contributed by atoms with Crippen LogP contribution >= 0.6 is 27.5 Å². The van der Waals surface area contributed by atoms with Crippen molar-refractivity contribution in [2.45, 2.75) is 6.42 Å². The number of nitrogens with zero attached hydrogens (tertiary/aromatic N) is 1. The normalized spacial score (nSPS) is 11.1. The van der Waals surface area contributed by atoms with Gasteiger partial charge in [0.05, 0.1) is 17.6 Å². The van der Waals surface area contributed by atoms with E-state index in [9.17, 15) is 0 Å². The molecular weight excluding hydrogens is 304 g/mol. The lowest BCUT2D eigenvalue weighted by molar-refractivity contribution is 0.415. The van der Waals surface area contributed by atoms with Crippen LogP contribution in [0.1, 0.15) is 5.69 Å². The summed E-state index contributed by atoms with van der Waals surface area (Å²) >= 11 is 9.75. The molecule has 2 N–H and O–H groups in total. The van der Waals surface area contributed by atoms with Gasteiger partial charge in [0.15, 0.2) is 0 Å². The zero-order chi connectivity index (χ0) is 12.6. The lowest BCUT2D eigenvalue weighted by atomic mass is 10.2. The maximum atomic E-state index is 6.14. The molecule has 0 unspecified atom stereocenters. The molecule has 0 spiro atoms. The first-order valence-corrected chi connectivity index (χ1v) is 6.47. The van der Waals surface area contributed by atoms with Crippen LogP contribution in [0.15, 0.2) is 16.6 Å². The fourth-order valence-corrected chi connectivity index (χ4v) is 3.03. The number of rotatable bonds is 3. The molecule has 0 aliphatic rings. The monoisotopic (exact) mass is 316 g/mol. The molecule has 2 rings (SSSR count). The van der Waals surface area contributed by atoms with Crippen molar-refractivity contribution in [3.05, 3.63) is 27.3 Å². The molecule has 1 aromatic carbocycles. The Morgan fingerprint density at radius 3 is 2.76 bits per heavy atom. The SMILES string of the molecule is COc1cc2c(Br)c(CCN)n(C)c2cc1Cl. The van der Waals surface area contributed by atoms with Gasteiger partial charge in [-0.25, -0.2) is 0 Å². The van der Waals surface area contributed by atoms with Crippen molar-refractivity contribution in [1.29, 1.82) is 0 Å². The van der Waals surface area contributed by atoms with Crippen molar-refractivity contribution in [2.24, 2.45) is 12.8 Å². The Hall–Kier alpha value is -0.710. The zero-order valence-corrected chi connectivity index (χ0v) is 12.1. The van der Waals surface area contributed by atoms with Crippen molar-refractivity contribution >= 4 is 38.4 Å². The topological polar surface area (TPSA) is 40.2 Å². The third-order valence-corrected chi connectivity index (χ3v) is 4.09. The van der Waals surface area contributed by atoms with Crippen LogP contribution in [0.5, 0.6) is 5.75 Å². The number of aryl methyl sites for hydroxylation is 1. The van der Waals surface area contributed by atoms with Crippen LogP contribution < -0.4 is 10.5 Å². The van der Waals surface area contributed by atoms with Gasteiger partial charge in [0, 0.05) is 29.0 Å². The average molecular weight is 318 g/mol. The summed E-state index contributed by atoms with van der Waals surface area (Å²) in [6, 6.07) is 3.86. The van der Waals surface area contributed by atoms with Gasteiger partial charge in [-0.3, -0.25) is 0 Å². The van der Waals surface area contributed by atoms with Crippen LogP contribution in [0.4, 0.5) is 0 Å². The van der Waals surface area contributed by atoms with E-state index in [-0.39, 0.29) is 0 Å². The lowest BCUT2D eigenvalue weighted by Gasteiger charge is -2.04. The van der Waals surface area contributed by atoms with E-state index in [0.717, 1.165) is 21.8 Å². The Balaban J connectivity index is 2.74. The van der Waals surface area contributed by atoms with Gasteiger partial charge in [-0.05, 0) is 34.6 Å². The minimum atomic E-state index is 0.618. The van der Waals surface area contributed by atoms with Gasteiger partial charge < -0.3 is 15.0 Å². The van der Waals surface area contributed by atoms with Crippen molar-refractivity contribution in [1.82, 2.24) is 4.57 Å². The highest BCUT2D eigenvalue weighted by molar-refractivity contribution is 9.10. The molecule has 0 radical (unpaired) electrons. The molecule has 1 aromatic heterocycles. The van der Waals surface area contributed by atoms with E-state index in [1.165, 1.54) is 5.69 Å². The van der Waals surface area contributed by atoms with E-state index in [2.05, 4.69) is 20.5 Å². The summed E-state index contributed by atoms with van der Waals surface area (Å²) in [5.41, 5.74) is 7.87. The second kappa shape index (κ2) is 4.88. The van der Waals surface area contributed by atoms with Gasteiger partial charge in [-0.1, -0.05) is 11.6 Å². The molecule has 92 valence electrons. The van der Waals surface area contributed by atoms with Gasteiger partial charge >= 0.3 is 0 Å². The summed E-state index contributed by atoms with van der Waals surface area (Å²) in [6.45, 7) is 0.619. The standard InChI is InChI=1S/C12H14BrClN2O/c1-16-9(3-4-15)12(13)7-5-11(17-2)8(14)6-10(7)16/h5-6H,3-4,15H2,1-2H3. The minimum absolute atomic E-state index is 0.618. The first-order chi connectivity index (χ1) is 8.10. The first-order valence-electron chi connectivity index (χ1n) is 5.30. The molecule has 0 saturated heterocycles. The summed E-state index contributed by atoms with van der Waals surface area (Å²) in [6.07, 6.45) is 0.825. The number of hydrogen-bond donors (Lipinski definition) is 1. The van der Waals surface area contributed by atoms with Gasteiger partial charge in [-0.2, -0.15) is 0 Å². The Kier molecular flexibility index (Phi) is 3.66. The Morgan fingerprint density at radius 1 is 1.47 bits per heavy atom. The highest BCUT2D eigenvalue weighted by Crippen LogP contribution is 2.37. The molecule has 3 nitrogen and oxygen atoms in total. The van der Waals surface area contributed by atoms with E-state index in [1.807, 2.05) is 19.2 Å². The predicted molar refractivity (Wildman–Crippen MR) is 74.9 cm³/mol. The van der Waals surface area contributed by atoms with Crippen LogP contribution in [0.3, 0.4) is 0 Å². The van der Waals surface area contributed by atoms with Crippen LogP contribution in [0.2, 0.25) is 5.02 Å². The molecule has 0 aliphatic carbocycles. The Labute approximate surface area is 114 Å². The first kappa shape index (κ1) is 12.7. The maximum Gasteiger partial charge on any atom is 0.138 e. The van der Waals surface area contributed by atoms with Crippen LogP contribution in [-0.4, -0.2) is 18.2 Å². The van der Waals surface area contributed by atoms with Gasteiger partial charge in [0.2, 0.25) is 0 Å². The highest BCUT2D eigenvalue weighted by Gasteiger charge is 2.15. The third kappa shape index (κ3) is 2.05. The molecule has 0 atom stereocenters. The number of fused-ring (bicyclic) bond motifs is 1. The number of aromatic nitrogens is 1.